The molecule has 33 heavy (non-hydrogen) atoms. The van der Waals surface area contributed by atoms with Crippen molar-refractivity contribution in [2.75, 3.05) is 6.54 Å². The molecule has 5 rings (SSSR count). The van der Waals surface area contributed by atoms with Gasteiger partial charge in [-0.25, -0.2) is 14.8 Å². The third-order valence-electron chi connectivity index (χ3n) is 11.9. The number of aliphatic hydroxyl groups is 1. The minimum absolute atomic E-state index is 0.0725. The average Bonchev–Trinajstić information content (AvgIpc) is 3.26. The van der Waals surface area contributed by atoms with Crippen LogP contribution in [0.15, 0.2) is 0 Å². The number of imide groups is 1. The van der Waals surface area contributed by atoms with Crippen molar-refractivity contribution in [3.63, 3.8) is 0 Å². The Hall–Kier alpha value is -0.780. The van der Waals surface area contributed by atoms with Crippen LogP contribution in [-0.2, 0) is 9.59 Å². The molecule has 1 aliphatic heterocycles. The van der Waals surface area contributed by atoms with Crippen molar-refractivity contribution < 1.29 is 24.5 Å². The Bertz CT molecular complexity index is 781. The average molecular weight is 461 g/mol. The van der Waals surface area contributed by atoms with Gasteiger partial charge in [-0.1, -0.05) is 25.4 Å². The Morgan fingerprint density at radius 3 is 2.33 bits per heavy atom. The molecule has 2 N–H and O–H groups in total. The monoisotopic (exact) mass is 460 g/mol. The number of quaternary nitrogens is 1. The molecule has 4 aliphatic carbocycles. The standard InChI is InChI=1S/C28H46NO4/c1-18(5-4-16-29(33)25(31)10-11-26(29)32)22-8-9-23-21-7-6-19-17-20(30)12-14-27(19,2)24(21)13-15-28(22,23)3/h18-24,30,33H,4-17H2,1-3H3/q+1/t18-,19-,20-,21+,22-,23+,24+,27+,28-/m1/s1. The van der Waals surface area contributed by atoms with Gasteiger partial charge in [-0.3, -0.25) is 0 Å². The van der Waals surface area contributed by atoms with Crippen LogP contribution in [0.5, 0.6) is 0 Å². The molecule has 186 valence electrons. The molecule has 1 heterocycles. The molecule has 0 spiro atoms. The highest BCUT2D eigenvalue weighted by Crippen LogP contribution is 2.68. The lowest BCUT2D eigenvalue weighted by Crippen LogP contribution is -2.54. The molecule has 0 aromatic rings. The maximum atomic E-state index is 12.0. The molecule has 0 aromatic heterocycles. The van der Waals surface area contributed by atoms with E-state index in [1.165, 1.54) is 44.9 Å². The summed E-state index contributed by atoms with van der Waals surface area (Å²) < 4.78 is -0.949. The van der Waals surface area contributed by atoms with E-state index in [0.29, 0.717) is 28.6 Å². The Morgan fingerprint density at radius 1 is 0.939 bits per heavy atom. The van der Waals surface area contributed by atoms with Crippen LogP contribution in [-0.4, -0.2) is 39.4 Å². The molecular formula is C28H46NO4+. The molecule has 5 aliphatic rings. The fourth-order valence-electron chi connectivity index (χ4n) is 10.0. The lowest BCUT2D eigenvalue weighted by atomic mass is 9.44. The van der Waals surface area contributed by atoms with E-state index in [9.17, 15) is 19.9 Å². The van der Waals surface area contributed by atoms with Crippen LogP contribution in [0.2, 0.25) is 0 Å². The number of rotatable bonds is 5. The van der Waals surface area contributed by atoms with Gasteiger partial charge in [-0.2, -0.15) is 0 Å². The maximum absolute atomic E-state index is 12.0. The third kappa shape index (κ3) is 3.67. The van der Waals surface area contributed by atoms with E-state index in [0.717, 1.165) is 43.4 Å². The lowest BCUT2D eigenvalue weighted by Gasteiger charge is -2.61. The number of hydrogen-bond donors (Lipinski definition) is 2. The van der Waals surface area contributed by atoms with Crippen LogP contribution in [0.3, 0.4) is 0 Å². The number of carbonyl (C=O) groups is 2. The first kappa shape index (κ1) is 23.9. The molecule has 0 aromatic carbocycles. The smallest absolute Gasteiger partial charge is 0.353 e. The summed E-state index contributed by atoms with van der Waals surface area (Å²) in [4.78, 5) is 24.1. The van der Waals surface area contributed by atoms with Gasteiger partial charge in [0.1, 0.15) is 6.54 Å². The Balaban J connectivity index is 1.23. The van der Waals surface area contributed by atoms with Crippen LogP contribution in [0.4, 0.5) is 0 Å². The van der Waals surface area contributed by atoms with Crippen LogP contribution >= 0.6 is 0 Å². The van der Waals surface area contributed by atoms with Gasteiger partial charge in [0, 0.05) is 6.42 Å². The summed E-state index contributed by atoms with van der Waals surface area (Å²) in [6.07, 6.45) is 13.3. The summed E-state index contributed by atoms with van der Waals surface area (Å²) >= 11 is 0. The first-order valence-electron chi connectivity index (χ1n) is 14.0. The quantitative estimate of drug-likeness (QED) is 0.324. The van der Waals surface area contributed by atoms with Gasteiger partial charge in [-0.15, -0.1) is 0 Å². The van der Waals surface area contributed by atoms with E-state index >= 15 is 0 Å². The topological polar surface area (TPSA) is 74.6 Å². The summed E-state index contributed by atoms with van der Waals surface area (Å²) in [5.41, 5.74) is 0.837. The van der Waals surface area contributed by atoms with Crippen molar-refractivity contribution in [1.29, 1.82) is 0 Å². The van der Waals surface area contributed by atoms with Crippen molar-refractivity contribution in [3.8, 4) is 0 Å². The number of hydroxylamine groups is 3. The van der Waals surface area contributed by atoms with Gasteiger partial charge < -0.3 is 5.11 Å². The van der Waals surface area contributed by atoms with Gasteiger partial charge >= 0.3 is 11.8 Å². The minimum Gasteiger partial charge on any atom is -0.393 e. The molecule has 5 heteroatoms. The maximum Gasteiger partial charge on any atom is 0.353 e. The van der Waals surface area contributed by atoms with E-state index in [2.05, 4.69) is 20.8 Å². The fraction of sp³-hybridized carbons (Fsp3) is 0.929. The second-order valence-corrected chi connectivity index (χ2v) is 13.2. The van der Waals surface area contributed by atoms with E-state index in [-0.39, 0.29) is 37.3 Å². The minimum atomic E-state index is -0.949. The van der Waals surface area contributed by atoms with Crippen molar-refractivity contribution in [1.82, 2.24) is 0 Å². The van der Waals surface area contributed by atoms with Crippen molar-refractivity contribution >= 4 is 11.8 Å². The first-order chi connectivity index (χ1) is 15.6. The zero-order valence-electron chi connectivity index (χ0n) is 21.1. The lowest BCUT2D eigenvalue weighted by molar-refractivity contribution is -0.971. The number of carbonyl (C=O) groups excluding carboxylic acids is 2. The van der Waals surface area contributed by atoms with Gasteiger partial charge in [0.2, 0.25) is 0 Å². The summed E-state index contributed by atoms with van der Waals surface area (Å²) in [6.45, 7) is 7.77. The second kappa shape index (κ2) is 8.41. The van der Waals surface area contributed by atoms with Gasteiger partial charge in [0.25, 0.3) is 0 Å². The molecule has 9 atom stereocenters. The molecule has 2 amide bonds. The SMILES string of the molecule is C[C@H](CCC[N+]1(O)C(=O)CCC1=O)[C@H]1CC[C@H]2[C@@H]3CC[C@@H]4C[C@H](O)CC[C@]4(C)[C@H]3CC[C@]12C. The Labute approximate surface area is 199 Å². The molecule has 0 radical (unpaired) electrons. The van der Waals surface area contributed by atoms with Crippen molar-refractivity contribution in [3.05, 3.63) is 0 Å². The third-order valence-corrected chi connectivity index (χ3v) is 11.9. The van der Waals surface area contributed by atoms with Crippen LogP contribution in [0.25, 0.3) is 0 Å². The van der Waals surface area contributed by atoms with Crippen LogP contribution in [0.1, 0.15) is 104 Å². The van der Waals surface area contributed by atoms with Gasteiger partial charge in [-0.05, 0) is 111 Å². The van der Waals surface area contributed by atoms with E-state index in [1.807, 2.05) is 0 Å². The Morgan fingerprint density at radius 2 is 1.61 bits per heavy atom. The van der Waals surface area contributed by atoms with E-state index < -0.39 is 4.65 Å². The second-order valence-electron chi connectivity index (χ2n) is 13.2. The molecule has 0 unspecified atom stereocenters. The van der Waals surface area contributed by atoms with Crippen LogP contribution in [0, 0.1) is 46.3 Å². The first-order valence-corrected chi connectivity index (χ1v) is 14.0. The highest BCUT2D eigenvalue weighted by Gasteiger charge is 2.60. The molecule has 0 bridgehead atoms. The normalized spacial score (nSPS) is 47.7. The summed E-state index contributed by atoms with van der Waals surface area (Å²) in [5, 5.41) is 20.8. The van der Waals surface area contributed by atoms with E-state index in [4.69, 9.17) is 0 Å². The molecule has 5 nitrogen and oxygen atoms in total. The molecule has 4 saturated carbocycles. The largest absolute Gasteiger partial charge is 0.393 e. The number of fused-ring (bicyclic) bond motifs is 5. The van der Waals surface area contributed by atoms with Gasteiger partial charge in [0.05, 0.1) is 18.9 Å². The Kier molecular flexibility index (Phi) is 6.10. The molecular weight excluding hydrogens is 414 g/mol. The highest BCUT2D eigenvalue weighted by molar-refractivity contribution is 5.90. The number of aliphatic hydroxyl groups excluding tert-OH is 1. The predicted octanol–water partition coefficient (Wildman–Crippen LogP) is 5.48. The number of likely N-dealkylation sites (tertiary alicyclic amines) is 1. The van der Waals surface area contributed by atoms with Gasteiger partial charge in [0.15, 0.2) is 0 Å². The van der Waals surface area contributed by atoms with E-state index in [1.54, 1.807) is 0 Å². The highest BCUT2D eigenvalue weighted by atomic mass is 16.6. The number of amides is 2. The number of nitrogens with zero attached hydrogens (tertiary/aromatic N) is 1. The van der Waals surface area contributed by atoms with Crippen LogP contribution < -0.4 is 0 Å². The molecule has 1 saturated heterocycles. The summed E-state index contributed by atoms with van der Waals surface area (Å²) in [6, 6.07) is 0. The van der Waals surface area contributed by atoms with Crippen molar-refractivity contribution in [2.45, 2.75) is 110 Å². The van der Waals surface area contributed by atoms with Crippen molar-refractivity contribution in [2.24, 2.45) is 46.3 Å². The number of hydrogen-bond acceptors (Lipinski definition) is 4. The predicted molar refractivity (Wildman–Crippen MR) is 126 cm³/mol. The molecule has 5 fully saturated rings. The fourth-order valence-corrected chi connectivity index (χ4v) is 10.0. The summed E-state index contributed by atoms with van der Waals surface area (Å²) in [5.74, 6) is 3.85. The summed E-state index contributed by atoms with van der Waals surface area (Å²) in [7, 11) is 0. The zero-order valence-corrected chi connectivity index (χ0v) is 21.1. The zero-order chi connectivity index (χ0) is 23.6.